The van der Waals surface area contributed by atoms with Crippen LogP contribution >= 0.6 is 0 Å². The molecule has 14 heavy (non-hydrogen) atoms. The Balaban J connectivity index is 1.78. The Kier molecular flexibility index (Phi) is 3.45. The van der Waals surface area contributed by atoms with Crippen LogP contribution in [0, 0.1) is 0 Å². The van der Waals surface area contributed by atoms with Crippen molar-refractivity contribution in [2.75, 3.05) is 0 Å². The second-order valence-electron chi connectivity index (χ2n) is 5.07. The second kappa shape index (κ2) is 4.63. The van der Waals surface area contributed by atoms with Gasteiger partial charge in [-0.25, -0.2) is 0 Å². The Morgan fingerprint density at radius 1 is 0.929 bits per heavy atom. The molecule has 1 saturated heterocycles. The average Bonchev–Trinajstić information content (AvgIpc) is 2.54. The van der Waals surface area contributed by atoms with Crippen molar-refractivity contribution in [2.24, 2.45) is 0 Å². The number of nitrogens with one attached hydrogen (secondary N) is 1. The van der Waals surface area contributed by atoms with Crippen molar-refractivity contribution in [3.8, 4) is 0 Å². The molecule has 0 amide bonds. The van der Waals surface area contributed by atoms with Gasteiger partial charge in [0.1, 0.15) is 0 Å². The van der Waals surface area contributed by atoms with Crippen LogP contribution in [-0.2, 0) is 4.74 Å². The number of hydrogen-bond acceptors (Lipinski definition) is 2. The molecular weight excluding hydrogens is 174 g/mol. The summed E-state index contributed by atoms with van der Waals surface area (Å²) in [6, 6.07) is 1.51. The van der Waals surface area contributed by atoms with Crippen LogP contribution in [0.3, 0.4) is 0 Å². The molecular formula is C12H23NO. The van der Waals surface area contributed by atoms with Gasteiger partial charge in [-0.3, -0.25) is 0 Å². The molecule has 0 aromatic rings. The number of hydrogen-bond donors (Lipinski definition) is 1. The predicted molar refractivity (Wildman–Crippen MR) is 58.4 cm³/mol. The number of ether oxygens (including phenoxy) is 1. The summed E-state index contributed by atoms with van der Waals surface area (Å²) in [6.07, 6.45) is 8.90. The molecule has 1 aliphatic heterocycles. The molecule has 82 valence electrons. The first-order valence-corrected chi connectivity index (χ1v) is 6.15. The average molecular weight is 197 g/mol. The van der Waals surface area contributed by atoms with Gasteiger partial charge >= 0.3 is 0 Å². The van der Waals surface area contributed by atoms with E-state index in [9.17, 15) is 0 Å². The molecule has 2 fully saturated rings. The third-order valence-corrected chi connectivity index (χ3v) is 3.52. The van der Waals surface area contributed by atoms with Crippen molar-refractivity contribution >= 4 is 0 Å². The summed E-state index contributed by atoms with van der Waals surface area (Å²) >= 11 is 0. The fourth-order valence-corrected chi connectivity index (χ4v) is 2.97. The molecule has 1 heterocycles. The normalized spacial score (nSPS) is 40.3. The summed E-state index contributed by atoms with van der Waals surface area (Å²) in [5.41, 5.74) is 0. The Labute approximate surface area is 87.4 Å². The maximum absolute atomic E-state index is 5.74. The van der Waals surface area contributed by atoms with Crippen LogP contribution in [0.4, 0.5) is 0 Å². The van der Waals surface area contributed by atoms with Crippen LogP contribution in [-0.4, -0.2) is 24.3 Å². The van der Waals surface area contributed by atoms with Crippen molar-refractivity contribution in [2.45, 2.75) is 76.7 Å². The zero-order valence-corrected chi connectivity index (χ0v) is 9.46. The maximum Gasteiger partial charge on any atom is 0.0565 e. The van der Waals surface area contributed by atoms with E-state index < -0.39 is 0 Å². The minimum atomic E-state index is 0.442. The van der Waals surface area contributed by atoms with Crippen LogP contribution in [0.25, 0.3) is 0 Å². The fraction of sp³-hybridized carbons (Fsp3) is 1.00. The van der Waals surface area contributed by atoms with Crippen LogP contribution in [0.2, 0.25) is 0 Å². The van der Waals surface area contributed by atoms with E-state index in [-0.39, 0.29) is 0 Å². The highest BCUT2D eigenvalue weighted by Crippen LogP contribution is 2.23. The Bertz CT molecular complexity index is 167. The van der Waals surface area contributed by atoms with E-state index in [2.05, 4.69) is 19.2 Å². The van der Waals surface area contributed by atoms with E-state index in [4.69, 9.17) is 4.74 Å². The lowest BCUT2D eigenvalue weighted by Gasteiger charge is -2.34. The molecule has 2 aliphatic rings. The summed E-state index contributed by atoms with van der Waals surface area (Å²) in [4.78, 5) is 0. The first kappa shape index (κ1) is 10.4. The largest absolute Gasteiger partial charge is 0.375 e. The van der Waals surface area contributed by atoms with E-state index in [0.717, 1.165) is 6.04 Å². The third-order valence-electron chi connectivity index (χ3n) is 3.52. The highest BCUT2D eigenvalue weighted by Gasteiger charge is 2.26. The van der Waals surface area contributed by atoms with Crippen molar-refractivity contribution in [3.05, 3.63) is 0 Å². The molecule has 1 aliphatic carbocycles. The van der Waals surface area contributed by atoms with Gasteiger partial charge in [0.05, 0.1) is 12.2 Å². The van der Waals surface area contributed by atoms with Gasteiger partial charge in [-0.05, 0) is 39.5 Å². The van der Waals surface area contributed by atoms with Gasteiger partial charge in [-0.1, -0.05) is 12.8 Å². The lowest BCUT2D eigenvalue weighted by molar-refractivity contribution is -0.0434. The summed E-state index contributed by atoms with van der Waals surface area (Å²) in [5, 5.41) is 3.80. The van der Waals surface area contributed by atoms with Gasteiger partial charge in [-0.2, -0.15) is 0 Å². The first-order valence-electron chi connectivity index (χ1n) is 6.15. The molecule has 2 heteroatoms. The monoisotopic (exact) mass is 197 g/mol. The quantitative estimate of drug-likeness (QED) is 0.734. The highest BCUT2D eigenvalue weighted by molar-refractivity contribution is 4.83. The predicted octanol–water partition coefficient (Wildman–Crippen LogP) is 2.47. The van der Waals surface area contributed by atoms with Gasteiger partial charge in [0.15, 0.2) is 0 Å². The zero-order chi connectivity index (χ0) is 9.97. The molecule has 0 aromatic heterocycles. The van der Waals surface area contributed by atoms with Gasteiger partial charge in [0.25, 0.3) is 0 Å². The summed E-state index contributed by atoms with van der Waals surface area (Å²) in [5.74, 6) is 0. The SMILES string of the molecule is C[C@@H]1CC(NC2CCCC2)C[C@@H](C)O1. The van der Waals surface area contributed by atoms with Crippen molar-refractivity contribution < 1.29 is 4.74 Å². The Morgan fingerprint density at radius 3 is 2.07 bits per heavy atom. The molecule has 1 saturated carbocycles. The van der Waals surface area contributed by atoms with Crippen LogP contribution in [0.15, 0.2) is 0 Å². The second-order valence-corrected chi connectivity index (χ2v) is 5.07. The fourth-order valence-electron chi connectivity index (χ4n) is 2.97. The van der Waals surface area contributed by atoms with E-state index >= 15 is 0 Å². The first-order chi connectivity index (χ1) is 6.74. The molecule has 0 aromatic carbocycles. The van der Waals surface area contributed by atoms with E-state index in [1.165, 1.54) is 38.5 Å². The number of rotatable bonds is 2. The molecule has 2 rings (SSSR count). The molecule has 1 N–H and O–H groups in total. The molecule has 2 nitrogen and oxygen atoms in total. The Morgan fingerprint density at radius 2 is 1.50 bits per heavy atom. The lowest BCUT2D eigenvalue weighted by atomic mass is 9.99. The summed E-state index contributed by atoms with van der Waals surface area (Å²) in [6.45, 7) is 4.39. The highest BCUT2D eigenvalue weighted by atomic mass is 16.5. The zero-order valence-electron chi connectivity index (χ0n) is 9.46. The van der Waals surface area contributed by atoms with E-state index in [0.29, 0.717) is 18.2 Å². The molecule has 0 radical (unpaired) electrons. The molecule has 0 bridgehead atoms. The van der Waals surface area contributed by atoms with E-state index in [1.54, 1.807) is 0 Å². The van der Waals surface area contributed by atoms with Gasteiger partial charge in [-0.15, -0.1) is 0 Å². The van der Waals surface area contributed by atoms with Crippen LogP contribution in [0.5, 0.6) is 0 Å². The maximum atomic E-state index is 5.74. The van der Waals surface area contributed by atoms with Crippen molar-refractivity contribution in [1.29, 1.82) is 0 Å². The van der Waals surface area contributed by atoms with Crippen molar-refractivity contribution in [3.63, 3.8) is 0 Å². The van der Waals surface area contributed by atoms with Crippen LogP contribution < -0.4 is 5.32 Å². The summed E-state index contributed by atoms with van der Waals surface area (Å²) in [7, 11) is 0. The van der Waals surface area contributed by atoms with Gasteiger partial charge < -0.3 is 10.1 Å². The minimum absolute atomic E-state index is 0.442. The smallest absolute Gasteiger partial charge is 0.0565 e. The van der Waals surface area contributed by atoms with Gasteiger partial charge in [0.2, 0.25) is 0 Å². The van der Waals surface area contributed by atoms with Gasteiger partial charge in [0, 0.05) is 12.1 Å². The van der Waals surface area contributed by atoms with Crippen molar-refractivity contribution in [1.82, 2.24) is 5.32 Å². The summed E-state index contributed by atoms with van der Waals surface area (Å²) < 4.78 is 5.74. The van der Waals surface area contributed by atoms with Crippen LogP contribution in [0.1, 0.15) is 52.4 Å². The standard InChI is InChI=1S/C12H23NO/c1-9-7-12(8-10(2)14-9)13-11-5-3-4-6-11/h9-13H,3-8H2,1-2H3/t9-,10-/m1/s1. The molecule has 0 unspecified atom stereocenters. The third kappa shape index (κ3) is 2.71. The molecule has 0 spiro atoms. The lowest BCUT2D eigenvalue weighted by Crippen LogP contribution is -2.44. The van der Waals surface area contributed by atoms with E-state index in [1.807, 2.05) is 0 Å². The minimum Gasteiger partial charge on any atom is -0.375 e. The topological polar surface area (TPSA) is 21.3 Å². The Hall–Kier alpha value is -0.0800. The molecule has 2 atom stereocenters.